The predicted molar refractivity (Wildman–Crippen MR) is 94.6 cm³/mol. The summed E-state index contributed by atoms with van der Waals surface area (Å²) in [4.78, 5) is 15.9. The summed E-state index contributed by atoms with van der Waals surface area (Å²) in [6, 6.07) is 9.89. The van der Waals surface area contributed by atoms with Gasteiger partial charge in [0.1, 0.15) is 16.9 Å². The normalized spacial score (nSPS) is 12.6. The number of benzene rings is 2. The Hall–Kier alpha value is -2.74. The molecule has 1 heterocycles. The molecule has 0 saturated carbocycles. The molecular formula is C19H14F4N2OS. The first-order chi connectivity index (χ1) is 12.7. The summed E-state index contributed by atoms with van der Waals surface area (Å²) in [6.45, 7) is 1.33. The van der Waals surface area contributed by atoms with Crippen molar-refractivity contribution in [2.75, 3.05) is 0 Å². The van der Waals surface area contributed by atoms with E-state index in [0.29, 0.717) is 21.8 Å². The molecule has 0 aliphatic rings. The van der Waals surface area contributed by atoms with Gasteiger partial charge >= 0.3 is 6.18 Å². The number of hydrogen-bond donors (Lipinski definition) is 1. The van der Waals surface area contributed by atoms with Crippen molar-refractivity contribution in [1.82, 2.24) is 10.3 Å². The molecule has 0 saturated heterocycles. The Morgan fingerprint density at radius 2 is 1.89 bits per heavy atom. The summed E-state index contributed by atoms with van der Waals surface area (Å²) in [5, 5.41) is 4.76. The first-order valence-electron chi connectivity index (χ1n) is 7.89. The standard InChI is InChI=1S/C19H14F4N2OS/c1-11(26)24-17(13-5-3-7-15(20)9-13)18-25-16(10-27-18)12-4-2-6-14(8-12)19(21,22)23/h2-10,17H,1H3,(H,24,26). The second-order valence-corrected chi connectivity index (χ2v) is 6.73. The maximum atomic E-state index is 13.6. The highest BCUT2D eigenvalue weighted by Crippen LogP contribution is 2.34. The molecule has 0 aliphatic heterocycles. The van der Waals surface area contributed by atoms with Crippen LogP contribution in [-0.2, 0) is 11.0 Å². The first-order valence-corrected chi connectivity index (χ1v) is 8.77. The number of nitrogens with one attached hydrogen (secondary N) is 1. The monoisotopic (exact) mass is 394 g/mol. The molecule has 1 amide bonds. The van der Waals surface area contributed by atoms with Gasteiger partial charge in [-0.1, -0.05) is 24.3 Å². The number of halogens is 4. The van der Waals surface area contributed by atoms with Crippen molar-refractivity contribution in [3.8, 4) is 11.3 Å². The molecule has 1 atom stereocenters. The molecule has 2 aromatic carbocycles. The van der Waals surface area contributed by atoms with Crippen molar-refractivity contribution in [2.45, 2.75) is 19.1 Å². The van der Waals surface area contributed by atoms with Crippen LogP contribution in [-0.4, -0.2) is 10.9 Å². The number of rotatable bonds is 4. The van der Waals surface area contributed by atoms with Crippen LogP contribution >= 0.6 is 11.3 Å². The number of amides is 1. The quantitative estimate of drug-likeness (QED) is 0.619. The van der Waals surface area contributed by atoms with E-state index >= 15 is 0 Å². The number of carbonyl (C=O) groups is 1. The summed E-state index contributed by atoms with van der Waals surface area (Å²) >= 11 is 1.18. The fourth-order valence-corrected chi connectivity index (χ4v) is 3.49. The number of alkyl halides is 3. The molecule has 140 valence electrons. The van der Waals surface area contributed by atoms with Gasteiger partial charge in [0, 0.05) is 17.9 Å². The van der Waals surface area contributed by atoms with Gasteiger partial charge in [-0.2, -0.15) is 13.2 Å². The molecular weight excluding hydrogens is 380 g/mol. The highest BCUT2D eigenvalue weighted by molar-refractivity contribution is 7.10. The Morgan fingerprint density at radius 1 is 1.15 bits per heavy atom. The van der Waals surface area contributed by atoms with E-state index in [0.717, 1.165) is 12.1 Å². The number of nitrogens with zero attached hydrogens (tertiary/aromatic N) is 1. The lowest BCUT2D eigenvalue weighted by molar-refractivity contribution is -0.137. The average molecular weight is 394 g/mol. The van der Waals surface area contributed by atoms with Crippen LogP contribution in [0.25, 0.3) is 11.3 Å². The summed E-state index contributed by atoms with van der Waals surface area (Å²) < 4.78 is 52.3. The molecule has 1 unspecified atom stereocenters. The van der Waals surface area contributed by atoms with Crippen LogP contribution in [0.4, 0.5) is 17.6 Å². The van der Waals surface area contributed by atoms with Gasteiger partial charge in [0.15, 0.2) is 0 Å². The molecule has 1 aromatic heterocycles. The van der Waals surface area contributed by atoms with E-state index in [1.54, 1.807) is 11.4 Å². The van der Waals surface area contributed by atoms with Crippen molar-refractivity contribution in [1.29, 1.82) is 0 Å². The maximum absolute atomic E-state index is 13.6. The molecule has 0 spiro atoms. The van der Waals surface area contributed by atoms with Crippen LogP contribution in [0.5, 0.6) is 0 Å². The van der Waals surface area contributed by atoms with Gasteiger partial charge in [-0.15, -0.1) is 11.3 Å². The maximum Gasteiger partial charge on any atom is 0.416 e. The summed E-state index contributed by atoms with van der Waals surface area (Å²) in [6.07, 6.45) is -4.45. The lowest BCUT2D eigenvalue weighted by atomic mass is 10.1. The minimum atomic E-state index is -4.45. The fourth-order valence-electron chi connectivity index (χ4n) is 2.58. The van der Waals surface area contributed by atoms with E-state index in [1.165, 1.54) is 48.6 Å². The molecule has 8 heteroatoms. The van der Waals surface area contributed by atoms with Crippen LogP contribution in [0.3, 0.4) is 0 Å². The first kappa shape index (κ1) is 19.0. The third-order valence-corrected chi connectivity index (χ3v) is 4.69. The largest absolute Gasteiger partial charge is 0.416 e. The molecule has 1 N–H and O–H groups in total. The second kappa shape index (κ2) is 7.48. The van der Waals surface area contributed by atoms with Crippen molar-refractivity contribution in [2.24, 2.45) is 0 Å². The average Bonchev–Trinajstić information content (AvgIpc) is 3.09. The van der Waals surface area contributed by atoms with E-state index < -0.39 is 23.6 Å². The zero-order valence-corrected chi connectivity index (χ0v) is 14.9. The minimum Gasteiger partial charge on any atom is -0.343 e. The van der Waals surface area contributed by atoms with E-state index in [-0.39, 0.29) is 5.91 Å². The van der Waals surface area contributed by atoms with Crippen LogP contribution in [0, 0.1) is 5.82 Å². The molecule has 0 fully saturated rings. The molecule has 0 radical (unpaired) electrons. The van der Waals surface area contributed by atoms with E-state index in [1.807, 2.05) is 0 Å². The fraction of sp³-hybridized carbons (Fsp3) is 0.158. The zero-order valence-electron chi connectivity index (χ0n) is 14.0. The van der Waals surface area contributed by atoms with Gasteiger partial charge in [-0.05, 0) is 29.8 Å². The molecule has 0 bridgehead atoms. The zero-order chi connectivity index (χ0) is 19.6. The Morgan fingerprint density at radius 3 is 2.56 bits per heavy atom. The van der Waals surface area contributed by atoms with Crippen molar-refractivity contribution in [3.63, 3.8) is 0 Å². The van der Waals surface area contributed by atoms with Gasteiger partial charge in [-0.25, -0.2) is 9.37 Å². The summed E-state index contributed by atoms with van der Waals surface area (Å²) in [5.41, 5.74) is 0.397. The lowest BCUT2D eigenvalue weighted by Gasteiger charge is -2.16. The summed E-state index contributed by atoms with van der Waals surface area (Å²) in [7, 11) is 0. The lowest BCUT2D eigenvalue weighted by Crippen LogP contribution is -2.26. The van der Waals surface area contributed by atoms with Crippen molar-refractivity contribution < 1.29 is 22.4 Å². The van der Waals surface area contributed by atoms with Crippen LogP contribution in [0.2, 0.25) is 0 Å². The SMILES string of the molecule is CC(=O)NC(c1cccc(F)c1)c1nc(-c2cccc(C(F)(F)F)c2)cs1. The third kappa shape index (κ3) is 4.51. The van der Waals surface area contributed by atoms with Crippen LogP contribution in [0.15, 0.2) is 53.9 Å². The topological polar surface area (TPSA) is 42.0 Å². The van der Waals surface area contributed by atoms with Crippen molar-refractivity contribution >= 4 is 17.2 Å². The summed E-state index contributed by atoms with van der Waals surface area (Å²) in [5.74, 6) is -0.794. The van der Waals surface area contributed by atoms with Gasteiger partial charge < -0.3 is 5.32 Å². The third-order valence-electron chi connectivity index (χ3n) is 3.78. The highest BCUT2D eigenvalue weighted by Gasteiger charge is 2.30. The minimum absolute atomic E-state index is 0.313. The Bertz CT molecular complexity index is 968. The number of hydrogen-bond acceptors (Lipinski definition) is 3. The van der Waals surface area contributed by atoms with Crippen molar-refractivity contribution in [3.05, 3.63) is 75.9 Å². The molecule has 3 nitrogen and oxygen atoms in total. The predicted octanol–water partition coefficient (Wildman–Crippen LogP) is 5.19. The Kier molecular flexibility index (Phi) is 5.27. The smallest absolute Gasteiger partial charge is 0.343 e. The van der Waals surface area contributed by atoms with Crippen LogP contribution in [0.1, 0.15) is 29.1 Å². The molecule has 3 rings (SSSR count). The highest BCUT2D eigenvalue weighted by atomic mass is 32.1. The number of thiazole rings is 1. The number of carbonyl (C=O) groups excluding carboxylic acids is 1. The van der Waals surface area contributed by atoms with Gasteiger partial charge in [0.05, 0.1) is 11.3 Å². The number of aromatic nitrogens is 1. The Balaban J connectivity index is 1.98. The second-order valence-electron chi connectivity index (χ2n) is 5.84. The molecule has 27 heavy (non-hydrogen) atoms. The molecule has 0 aliphatic carbocycles. The van der Waals surface area contributed by atoms with Gasteiger partial charge in [0.25, 0.3) is 0 Å². The molecule has 3 aromatic rings. The van der Waals surface area contributed by atoms with E-state index in [2.05, 4.69) is 10.3 Å². The Labute approximate surface area is 156 Å². The van der Waals surface area contributed by atoms with Gasteiger partial charge in [0.2, 0.25) is 5.91 Å². The van der Waals surface area contributed by atoms with E-state index in [4.69, 9.17) is 0 Å². The van der Waals surface area contributed by atoms with Crippen LogP contribution < -0.4 is 5.32 Å². The van der Waals surface area contributed by atoms with E-state index in [9.17, 15) is 22.4 Å². The van der Waals surface area contributed by atoms with Gasteiger partial charge in [-0.3, -0.25) is 4.79 Å².